The van der Waals surface area contributed by atoms with Gasteiger partial charge in [-0.15, -0.1) is 0 Å². The van der Waals surface area contributed by atoms with Crippen LogP contribution in [0.4, 0.5) is 5.82 Å². The molecule has 31 heavy (non-hydrogen) atoms. The highest BCUT2D eigenvalue weighted by Gasteiger charge is 2.18. The number of hydrogen-bond donors (Lipinski definition) is 1. The molecule has 0 aliphatic carbocycles. The zero-order chi connectivity index (χ0) is 21.6. The lowest BCUT2D eigenvalue weighted by atomic mass is 10.1. The van der Waals surface area contributed by atoms with Gasteiger partial charge in [0.1, 0.15) is 5.82 Å². The second-order valence-corrected chi connectivity index (χ2v) is 7.81. The first-order valence-corrected chi connectivity index (χ1v) is 10.9. The summed E-state index contributed by atoms with van der Waals surface area (Å²) in [5.74, 6) is 3.08. The van der Waals surface area contributed by atoms with E-state index in [1.54, 1.807) is 21.3 Å². The molecule has 2 aromatic carbocycles. The highest BCUT2D eigenvalue weighted by atomic mass is 16.5. The Balaban J connectivity index is 1.57. The number of methoxy groups -OCH3 is 3. The van der Waals surface area contributed by atoms with Crippen molar-refractivity contribution in [2.24, 2.45) is 0 Å². The van der Waals surface area contributed by atoms with Crippen LogP contribution in [-0.2, 0) is 13.1 Å². The van der Waals surface area contributed by atoms with Crippen LogP contribution in [0.15, 0.2) is 42.5 Å². The molecule has 2 heterocycles. The predicted molar refractivity (Wildman–Crippen MR) is 124 cm³/mol. The average Bonchev–Trinajstić information content (AvgIpc) is 2.83. The molecule has 0 spiro atoms. The summed E-state index contributed by atoms with van der Waals surface area (Å²) in [6.45, 7) is 3.51. The van der Waals surface area contributed by atoms with E-state index in [1.807, 2.05) is 12.1 Å². The molecule has 1 fully saturated rings. The van der Waals surface area contributed by atoms with Crippen LogP contribution in [0.25, 0.3) is 10.9 Å². The Morgan fingerprint density at radius 2 is 1.58 bits per heavy atom. The van der Waals surface area contributed by atoms with Crippen molar-refractivity contribution in [1.29, 1.82) is 0 Å². The summed E-state index contributed by atoms with van der Waals surface area (Å²) in [4.78, 5) is 7.47. The van der Waals surface area contributed by atoms with E-state index in [0.29, 0.717) is 23.8 Å². The van der Waals surface area contributed by atoms with E-state index < -0.39 is 0 Å². The fraction of sp³-hybridized carbons (Fsp3) is 0.400. The molecule has 4 rings (SSSR count). The van der Waals surface area contributed by atoms with Crippen molar-refractivity contribution in [3.05, 3.63) is 53.6 Å². The number of rotatable bonds is 8. The molecule has 3 aromatic rings. The summed E-state index contributed by atoms with van der Waals surface area (Å²) in [5, 5.41) is 4.75. The number of nitrogens with one attached hydrogen (secondary N) is 1. The zero-order valence-electron chi connectivity index (χ0n) is 18.6. The predicted octanol–water partition coefficient (Wildman–Crippen LogP) is 4.54. The fourth-order valence-electron chi connectivity index (χ4n) is 4.29. The number of anilines is 1. The summed E-state index contributed by atoms with van der Waals surface area (Å²) in [5.41, 5.74) is 3.29. The largest absolute Gasteiger partial charge is 0.493 e. The van der Waals surface area contributed by atoms with Crippen molar-refractivity contribution >= 4 is 16.7 Å². The van der Waals surface area contributed by atoms with Gasteiger partial charge < -0.3 is 24.4 Å². The van der Waals surface area contributed by atoms with E-state index in [1.165, 1.54) is 30.2 Å². The number of benzene rings is 2. The van der Waals surface area contributed by atoms with Crippen molar-refractivity contribution in [1.82, 2.24) is 10.3 Å². The minimum Gasteiger partial charge on any atom is -0.493 e. The van der Waals surface area contributed by atoms with Crippen LogP contribution in [-0.4, -0.2) is 39.4 Å². The minimum atomic E-state index is 0.616. The minimum absolute atomic E-state index is 0.616. The molecule has 6 nitrogen and oxygen atoms in total. The van der Waals surface area contributed by atoms with E-state index in [9.17, 15) is 0 Å². The Kier molecular flexibility index (Phi) is 6.77. The fourth-order valence-corrected chi connectivity index (χ4v) is 4.29. The molecule has 0 radical (unpaired) electrons. The lowest BCUT2D eigenvalue weighted by Crippen LogP contribution is -2.31. The maximum atomic E-state index is 5.62. The SMILES string of the molecule is COc1ccc(CNCc2cc3ccccc3nc2N2CCCCC2)c(OC)c1OC. The second-order valence-electron chi connectivity index (χ2n) is 7.81. The number of aromatic nitrogens is 1. The summed E-state index contributed by atoms with van der Waals surface area (Å²) >= 11 is 0. The van der Waals surface area contributed by atoms with Crippen LogP contribution in [0.3, 0.4) is 0 Å². The number of para-hydroxylation sites is 1. The Bertz CT molecular complexity index is 1030. The third-order valence-corrected chi connectivity index (χ3v) is 5.85. The highest BCUT2D eigenvalue weighted by molar-refractivity contribution is 5.81. The van der Waals surface area contributed by atoms with Crippen LogP contribution in [0, 0.1) is 0 Å². The van der Waals surface area contributed by atoms with Gasteiger partial charge >= 0.3 is 0 Å². The molecule has 0 amide bonds. The average molecular weight is 422 g/mol. The molecule has 0 bridgehead atoms. The number of fused-ring (bicyclic) bond motifs is 1. The van der Waals surface area contributed by atoms with Crippen LogP contribution >= 0.6 is 0 Å². The number of ether oxygens (including phenoxy) is 3. The molecule has 0 saturated carbocycles. The maximum absolute atomic E-state index is 5.62. The third-order valence-electron chi connectivity index (χ3n) is 5.85. The van der Waals surface area contributed by atoms with E-state index in [-0.39, 0.29) is 0 Å². The molecule has 0 atom stereocenters. The highest BCUT2D eigenvalue weighted by Crippen LogP contribution is 2.39. The number of hydrogen-bond acceptors (Lipinski definition) is 6. The topological polar surface area (TPSA) is 55.9 Å². The van der Waals surface area contributed by atoms with Crippen molar-refractivity contribution < 1.29 is 14.2 Å². The Morgan fingerprint density at radius 3 is 2.32 bits per heavy atom. The van der Waals surface area contributed by atoms with Gasteiger partial charge in [-0.1, -0.05) is 24.3 Å². The van der Waals surface area contributed by atoms with Crippen LogP contribution in [0.5, 0.6) is 17.2 Å². The van der Waals surface area contributed by atoms with Gasteiger partial charge in [0.25, 0.3) is 0 Å². The first kappa shape index (κ1) is 21.2. The molecule has 1 saturated heterocycles. The Morgan fingerprint density at radius 1 is 0.839 bits per heavy atom. The van der Waals surface area contributed by atoms with Crippen LogP contribution in [0.2, 0.25) is 0 Å². The molecule has 6 heteroatoms. The first-order chi connectivity index (χ1) is 15.2. The van der Waals surface area contributed by atoms with Gasteiger partial charge in [-0.3, -0.25) is 0 Å². The molecule has 1 aliphatic heterocycles. The van der Waals surface area contributed by atoms with Gasteiger partial charge in [-0.25, -0.2) is 4.98 Å². The number of nitrogens with zero attached hydrogens (tertiary/aromatic N) is 2. The van der Waals surface area contributed by atoms with Crippen molar-refractivity contribution in [2.75, 3.05) is 39.3 Å². The van der Waals surface area contributed by atoms with Crippen LogP contribution < -0.4 is 24.4 Å². The smallest absolute Gasteiger partial charge is 0.203 e. The first-order valence-electron chi connectivity index (χ1n) is 10.9. The molecule has 1 aliphatic rings. The summed E-state index contributed by atoms with van der Waals surface area (Å²) in [7, 11) is 4.91. The molecule has 1 aromatic heterocycles. The van der Waals surface area contributed by atoms with Crippen molar-refractivity contribution in [3.63, 3.8) is 0 Å². The van der Waals surface area contributed by atoms with E-state index >= 15 is 0 Å². The number of piperidine rings is 1. The van der Waals surface area contributed by atoms with Gasteiger partial charge in [0, 0.05) is 42.7 Å². The monoisotopic (exact) mass is 421 g/mol. The van der Waals surface area contributed by atoms with Crippen molar-refractivity contribution in [3.8, 4) is 17.2 Å². The molecule has 1 N–H and O–H groups in total. The lowest BCUT2D eigenvalue weighted by Gasteiger charge is -2.30. The van der Waals surface area contributed by atoms with E-state index in [4.69, 9.17) is 19.2 Å². The zero-order valence-corrected chi connectivity index (χ0v) is 18.6. The summed E-state index contributed by atoms with van der Waals surface area (Å²) in [6, 6.07) is 14.5. The van der Waals surface area contributed by atoms with Crippen molar-refractivity contribution in [2.45, 2.75) is 32.4 Å². The molecular formula is C25H31N3O3. The van der Waals surface area contributed by atoms with Gasteiger partial charge in [-0.05, 0) is 37.5 Å². The van der Waals surface area contributed by atoms with Gasteiger partial charge in [0.15, 0.2) is 11.5 Å². The van der Waals surface area contributed by atoms with Gasteiger partial charge in [0.05, 0.1) is 26.8 Å². The standard InChI is InChI=1S/C25H31N3O3/c1-29-22-12-11-19(23(30-2)24(22)31-3)16-26-17-20-15-18-9-5-6-10-21(18)27-25(20)28-13-7-4-8-14-28/h5-6,9-12,15,26H,4,7-8,13-14,16-17H2,1-3H3. The van der Waals surface area contributed by atoms with Gasteiger partial charge in [-0.2, -0.15) is 0 Å². The summed E-state index contributed by atoms with van der Waals surface area (Å²) < 4.78 is 16.5. The quantitative estimate of drug-likeness (QED) is 0.576. The maximum Gasteiger partial charge on any atom is 0.203 e. The normalized spacial score (nSPS) is 14.0. The molecule has 164 valence electrons. The van der Waals surface area contributed by atoms with Gasteiger partial charge in [0.2, 0.25) is 5.75 Å². The molecular weight excluding hydrogens is 390 g/mol. The Labute approximate surface area is 184 Å². The second kappa shape index (κ2) is 9.88. The third kappa shape index (κ3) is 4.54. The Hall–Kier alpha value is -2.99. The van der Waals surface area contributed by atoms with Crippen LogP contribution in [0.1, 0.15) is 30.4 Å². The van der Waals surface area contributed by atoms with E-state index in [2.05, 4.69) is 40.5 Å². The number of pyridine rings is 1. The lowest BCUT2D eigenvalue weighted by molar-refractivity contribution is 0.321. The molecule has 0 unspecified atom stereocenters. The summed E-state index contributed by atoms with van der Waals surface area (Å²) in [6.07, 6.45) is 3.76. The van der Waals surface area contributed by atoms with E-state index in [0.717, 1.165) is 36.5 Å².